The van der Waals surface area contributed by atoms with E-state index in [1.807, 2.05) is 36.7 Å². The van der Waals surface area contributed by atoms with E-state index in [1.54, 1.807) is 0 Å². The number of nitrogens with zero attached hydrogens (tertiary/aromatic N) is 2. The quantitative estimate of drug-likeness (QED) is 0.644. The minimum atomic E-state index is 0.978. The van der Waals surface area contributed by atoms with E-state index in [4.69, 9.17) is 0 Å². The number of para-hydroxylation sites is 1. The number of hydrogen-bond acceptors (Lipinski definition) is 0. The molecule has 2 nitrogen and oxygen atoms in total. The zero-order chi connectivity index (χ0) is 9.38. The van der Waals surface area contributed by atoms with Crippen molar-refractivity contribution in [1.82, 2.24) is 9.88 Å². The third-order valence-electron chi connectivity index (χ3n) is 2.38. The lowest BCUT2D eigenvalue weighted by molar-refractivity contribution is 1.03. The van der Waals surface area contributed by atoms with Crippen LogP contribution in [0.3, 0.4) is 0 Å². The fourth-order valence-electron chi connectivity index (χ4n) is 1.72. The summed E-state index contributed by atoms with van der Waals surface area (Å²) < 4.78 is 2.09. The third-order valence-corrected chi connectivity index (χ3v) is 2.38. The lowest BCUT2D eigenvalue weighted by atomic mass is 10.2. The van der Waals surface area contributed by atoms with Crippen LogP contribution in [-0.4, -0.2) is 4.57 Å². The summed E-state index contributed by atoms with van der Waals surface area (Å²) in [6, 6.07) is 10.4. The Bertz CT molecular complexity index is 532. The van der Waals surface area contributed by atoms with Gasteiger partial charge in [-0.1, -0.05) is 18.2 Å². The Morgan fingerprint density at radius 2 is 2.00 bits per heavy atom. The topological polar surface area (TPSA) is 19.0 Å². The van der Waals surface area contributed by atoms with Crippen molar-refractivity contribution in [2.24, 2.45) is 0 Å². The molecule has 0 bridgehead atoms. The highest BCUT2D eigenvalue weighted by atomic mass is 15.1. The molecule has 2 aromatic rings. The Morgan fingerprint density at radius 1 is 1.07 bits per heavy atom. The predicted molar refractivity (Wildman–Crippen MR) is 57.5 cm³/mol. The minimum absolute atomic E-state index is 0.978. The summed E-state index contributed by atoms with van der Waals surface area (Å²) >= 11 is 0. The van der Waals surface area contributed by atoms with Crippen LogP contribution in [0.2, 0.25) is 0 Å². The van der Waals surface area contributed by atoms with Crippen LogP contribution in [0.25, 0.3) is 16.7 Å². The van der Waals surface area contributed by atoms with Gasteiger partial charge in [-0.3, -0.25) is 0 Å². The van der Waals surface area contributed by atoms with Gasteiger partial charge in [-0.15, -0.1) is 0 Å². The molecule has 1 aromatic carbocycles. The number of aromatic nitrogens is 1. The van der Waals surface area contributed by atoms with Crippen LogP contribution in [0.4, 0.5) is 0 Å². The molecule has 0 saturated carbocycles. The number of hydrogen-bond donors (Lipinski definition) is 0. The summed E-state index contributed by atoms with van der Waals surface area (Å²) in [5.74, 6) is 0.978. The van der Waals surface area contributed by atoms with Gasteiger partial charge in [0.2, 0.25) is 0 Å². The summed E-state index contributed by atoms with van der Waals surface area (Å²) in [6.07, 6.45) is 7.81. The first-order valence-corrected chi connectivity index (χ1v) is 4.59. The molecule has 0 aliphatic carbocycles. The van der Waals surface area contributed by atoms with Crippen LogP contribution >= 0.6 is 0 Å². The Kier molecular flexibility index (Phi) is 1.47. The van der Waals surface area contributed by atoms with E-state index in [-0.39, 0.29) is 0 Å². The van der Waals surface area contributed by atoms with Crippen molar-refractivity contribution in [3.63, 3.8) is 0 Å². The second kappa shape index (κ2) is 2.77. The highest BCUT2D eigenvalue weighted by molar-refractivity contribution is 5.83. The van der Waals surface area contributed by atoms with E-state index in [2.05, 4.69) is 28.1 Å². The standard InChI is InChI=1S/C12H9N2/c1-2-5-11-10(4-1)7-9-14(11)12-6-3-8-13-12/h1-9H. The molecule has 2 heterocycles. The largest absolute Gasteiger partial charge is 0.301 e. The van der Waals surface area contributed by atoms with E-state index < -0.39 is 0 Å². The van der Waals surface area contributed by atoms with Crippen molar-refractivity contribution in [3.8, 4) is 0 Å². The van der Waals surface area contributed by atoms with Crippen LogP contribution in [0.15, 0.2) is 54.9 Å². The van der Waals surface area contributed by atoms with E-state index in [0.29, 0.717) is 0 Å². The maximum absolute atomic E-state index is 4.27. The molecule has 0 N–H and O–H groups in total. The summed E-state index contributed by atoms with van der Waals surface area (Å²) in [4.78, 5) is 0. The van der Waals surface area contributed by atoms with Gasteiger partial charge in [-0.2, -0.15) is 0 Å². The molecule has 67 valence electrons. The smallest absolute Gasteiger partial charge is 0.137 e. The third kappa shape index (κ3) is 0.973. The van der Waals surface area contributed by atoms with Gasteiger partial charge in [0.1, 0.15) is 5.82 Å². The molecular weight excluding hydrogens is 172 g/mol. The maximum atomic E-state index is 4.27. The van der Waals surface area contributed by atoms with Crippen molar-refractivity contribution >= 4 is 16.7 Å². The molecule has 3 rings (SSSR count). The fraction of sp³-hybridized carbons (Fsp3) is 0. The van der Waals surface area contributed by atoms with Crippen molar-refractivity contribution in [2.75, 3.05) is 0 Å². The van der Waals surface area contributed by atoms with Crippen LogP contribution in [0, 0.1) is 0 Å². The van der Waals surface area contributed by atoms with Gasteiger partial charge < -0.3 is 4.57 Å². The highest BCUT2D eigenvalue weighted by Crippen LogP contribution is 2.19. The Morgan fingerprint density at radius 3 is 2.86 bits per heavy atom. The van der Waals surface area contributed by atoms with E-state index in [1.165, 1.54) is 10.9 Å². The Balaban J connectivity index is 2.22. The highest BCUT2D eigenvalue weighted by Gasteiger charge is 2.06. The lowest BCUT2D eigenvalue weighted by Crippen LogP contribution is -2.00. The Labute approximate surface area is 82.2 Å². The first-order chi connectivity index (χ1) is 6.95. The van der Waals surface area contributed by atoms with Crippen molar-refractivity contribution in [1.29, 1.82) is 0 Å². The van der Waals surface area contributed by atoms with Gasteiger partial charge in [0.25, 0.3) is 0 Å². The zero-order valence-corrected chi connectivity index (χ0v) is 7.59. The van der Waals surface area contributed by atoms with Crippen molar-refractivity contribution in [2.45, 2.75) is 0 Å². The lowest BCUT2D eigenvalue weighted by Gasteiger charge is -2.04. The first kappa shape index (κ1) is 7.44. The predicted octanol–water partition coefficient (Wildman–Crippen LogP) is 2.57. The number of rotatable bonds is 1. The normalized spacial score (nSPS) is 14.4. The van der Waals surface area contributed by atoms with Crippen molar-refractivity contribution < 1.29 is 0 Å². The molecule has 14 heavy (non-hydrogen) atoms. The minimum Gasteiger partial charge on any atom is -0.301 e. The number of benzene rings is 1. The molecule has 1 aliphatic rings. The molecule has 1 radical (unpaired) electrons. The van der Waals surface area contributed by atoms with Gasteiger partial charge in [0.15, 0.2) is 0 Å². The zero-order valence-electron chi connectivity index (χ0n) is 7.59. The van der Waals surface area contributed by atoms with Gasteiger partial charge >= 0.3 is 0 Å². The molecule has 1 aromatic heterocycles. The summed E-state index contributed by atoms with van der Waals surface area (Å²) in [6.45, 7) is 0. The van der Waals surface area contributed by atoms with E-state index in [9.17, 15) is 0 Å². The van der Waals surface area contributed by atoms with Gasteiger partial charge in [-0.05, 0) is 29.7 Å². The summed E-state index contributed by atoms with van der Waals surface area (Å²) in [5, 5.41) is 5.52. The maximum Gasteiger partial charge on any atom is 0.137 e. The molecule has 0 fully saturated rings. The monoisotopic (exact) mass is 181 g/mol. The second-order valence-electron chi connectivity index (χ2n) is 3.24. The average molecular weight is 181 g/mol. The average Bonchev–Trinajstić information content (AvgIpc) is 2.85. The molecule has 0 atom stereocenters. The van der Waals surface area contributed by atoms with Crippen LogP contribution in [0.1, 0.15) is 0 Å². The second-order valence-corrected chi connectivity index (χ2v) is 3.24. The van der Waals surface area contributed by atoms with Gasteiger partial charge in [0.05, 0.1) is 5.52 Å². The number of fused-ring (bicyclic) bond motifs is 1. The molecule has 0 unspecified atom stereocenters. The molecule has 0 saturated heterocycles. The van der Waals surface area contributed by atoms with Crippen LogP contribution in [0.5, 0.6) is 0 Å². The van der Waals surface area contributed by atoms with Gasteiger partial charge in [-0.25, -0.2) is 5.32 Å². The first-order valence-electron chi connectivity index (χ1n) is 4.59. The Hall–Kier alpha value is -1.96. The summed E-state index contributed by atoms with van der Waals surface area (Å²) in [7, 11) is 0. The molecular formula is C12H9N2. The summed E-state index contributed by atoms with van der Waals surface area (Å²) in [5.41, 5.74) is 1.20. The van der Waals surface area contributed by atoms with E-state index >= 15 is 0 Å². The van der Waals surface area contributed by atoms with Gasteiger partial charge in [0, 0.05) is 12.4 Å². The molecule has 0 amide bonds. The molecule has 2 heteroatoms. The SMILES string of the molecule is C1=C[N]C(n2ccc3ccccc32)=C1. The van der Waals surface area contributed by atoms with E-state index in [0.717, 1.165) is 5.82 Å². The molecule has 1 aliphatic heterocycles. The van der Waals surface area contributed by atoms with Crippen LogP contribution < -0.4 is 5.32 Å². The number of allylic oxidation sites excluding steroid dienone is 2. The van der Waals surface area contributed by atoms with Crippen LogP contribution in [-0.2, 0) is 0 Å². The van der Waals surface area contributed by atoms with Crippen molar-refractivity contribution in [3.05, 3.63) is 54.9 Å². The fourth-order valence-corrected chi connectivity index (χ4v) is 1.72. The molecule has 0 spiro atoms.